The first kappa shape index (κ1) is 19.2. The first-order valence-electron chi connectivity index (χ1n) is 8.45. The number of methoxy groups -OCH3 is 1. The standard InChI is InChI=1S/C20H18N2O6/c1-27-20(26)12-5-7-13(8-6-12)22-17(15-4-2-3-9-21-15)19-18(25)16(24)10-14(11-23)28-19/h2-10,17,19,22-23H,11H2,1H3. The molecule has 8 nitrogen and oxygen atoms in total. The molecular weight excluding hydrogens is 364 g/mol. The fraction of sp³-hybridized carbons (Fsp3) is 0.200. The number of pyridine rings is 1. The number of carbonyl (C=O) groups excluding carboxylic acids is 3. The molecule has 2 unspecified atom stereocenters. The van der Waals surface area contributed by atoms with Crippen molar-refractivity contribution in [2.75, 3.05) is 19.0 Å². The van der Waals surface area contributed by atoms with Gasteiger partial charge in [-0.15, -0.1) is 0 Å². The number of rotatable bonds is 6. The van der Waals surface area contributed by atoms with E-state index in [1.807, 2.05) is 0 Å². The van der Waals surface area contributed by atoms with Crippen molar-refractivity contribution >= 4 is 23.2 Å². The molecule has 28 heavy (non-hydrogen) atoms. The first-order valence-corrected chi connectivity index (χ1v) is 8.45. The minimum atomic E-state index is -1.20. The van der Waals surface area contributed by atoms with E-state index in [2.05, 4.69) is 15.0 Å². The maximum Gasteiger partial charge on any atom is 0.337 e. The minimum absolute atomic E-state index is 0.0124. The van der Waals surface area contributed by atoms with Crippen molar-refractivity contribution in [3.63, 3.8) is 0 Å². The zero-order valence-electron chi connectivity index (χ0n) is 15.0. The van der Waals surface area contributed by atoms with Gasteiger partial charge in [0.15, 0.2) is 6.10 Å². The maximum atomic E-state index is 12.4. The van der Waals surface area contributed by atoms with Crippen molar-refractivity contribution in [3.05, 3.63) is 71.8 Å². The van der Waals surface area contributed by atoms with Crippen LogP contribution in [-0.4, -0.2) is 47.4 Å². The van der Waals surface area contributed by atoms with Crippen LogP contribution in [0.5, 0.6) is 0 Å². The number of aromatic nitrogens is 1. The molecule has 0 radical (unpaired) electrons. The molecule has 1 aromatic heterocycles. The van der Waals surface area contributed by atoms with Crippen LogP contribution in [0.15, 0.2) is 60.5 Å². The summed E-state index contributed by atoms with van der Waals surface area (Å²) >= 11 is 0. The molecule has 2 atom stereocenters. The highest BCUT2D eigenvalue weighted by atomic mass is 16.5. The zero-order valence-corrected chi connectivity index (χ0v) is 15.0. The molecular formula is C20H18N2O6. The summed E-state index contributed by atoms with van der Waals surface area (Å²) < 4.78 is 10.2. The third kappa shape index (κ3) is 4.07. The molecule has 1 aromatic carbocycles. The van der Waals surface area contributed by atoms with E-state index in [9.17, 15) is 19.5 Å². The van der Waals surface area contributed by atoms with Gasteiger partial charge in [-0.3, -0.25) is 14.6 Å². The molecule has 0 aliphatic carbocycles. The number of carbonyl (C=O) groups is 3. The van der Waals surface area contributed by atoms with Gasteiger partial charge in [0, 0.05) is 18.0 Å². The summed E-state index contributed by atoms with van der Waals surface area (Å²) in [4.78, 5) is 40.3. The van der Waals surface area contributed by atoms with Gasteiger partial charge in [0.25, 0.3) is 0 Å². The number of hydrogen-bond donors (Lipinski definition) is 2. The molecule has 1 aliphatic heterocycles. The van der Waals surface area contributed by atoms with E-state index in [-0.39, 0.29) is 5.76 Å². The van der Waals surface area contributed by atoms with Crippen molar-refractivity contribution in [1.82, 2.24) is 4.98 Å². The van der Waals surface area contributed by atoms with Crippen LogP contribution in [0.3, 0.4) is 0 Å². The highest BCUT2D eigenvalue weighted by molar-refractivity contribution is 6.44. The van der Waals surface area contributed by atoms with E-state index in [0.717, 1.165) is 6.08 Å². The van der Waals surface area contributed by atoms with Crippen LogP contribution >= 0.6 is 0 Å². The second-order valence-electron chi connectivity index (χ2n) is 5.98. The van der Waals surface area contributed by atoms with Crippen LogP contribution in [0.25, 0.3) is 0 Å². The Bertz CT molecular complexity index is 908. The van der Waals surface area contributed by atoms with Gasteiger partial charge in [0.2, 0.25) is 11.6 Å². The molecule has 0 amide bonds. The van der Waals surface area contributed by atoms with Crippen LogP contribution in [-0.2, 0) is 19.1 Å². The van der Waals surface area contributed by atoms with Gasteiger partial charge in [0.05, 0.1) is 18.4 Å². The van der Waals surface area contributed by atoms with E-state index in [1.54, 1.807) is 48.7 Å². The van der Waals surface area contributed by atoms with Crippen molar-refractivity contribution in [2.45, 2.75) is 12.1 Å². The summed E-state index contributed by atoms with van der Waals surface area (Å²) in [5.41, 5.74) is 1.42. The third-order valence-corrected chi connectivity index (χ3v) is 4.16. The zero-order chi connectivity index (χ0) is 20.1. The molecule has 3 rings (SSSR count). The van der Waals surface area contributed by atoms with Gasteiger partial charge < -0.3 is 19.9 Å². The molecule has 0 fully saturated rings. The lowest BCUT2D eigenvalue weighted by Crippen LogP contribution is -2.42. The monoisotopic (exact) mass is 382 g/mol. The molecule has 2 N–H and O–H groups in total. The highest BCUT2D eigenvalue weighted by Crippen LogP contribution is 2.28. The number of ether oxygens (including phenoxy) is 2. The van der Waals surface area contributed by atoms with Crippen molar-refractivity contribution in [2.24, 2.45) is 0 Å². The molecule has 0 saturated carbocycles. The lowest BCUT2D eigenvalue weighted by molar-refractivity contribution is -0.142. The second-order valence-corrected chi connectivity index (χ2v) is 5.98. The Labute approximate surface area is 160 Å². The summed E-state index contributed by atoms with van der Waals surface area (Å²) in [5, 5.41) is 12.4. The average Bonchev–Trinajstić information content (AvgIpc) is 2.74. The van der Waals surface area contributed by atoms with E-state index in [1.165, 1.54) is 7.11 Å². The van der Waals surface area contributed by atoms with Crippen LogP contribution in [0, 0.1) is 0 Å². The van der Waals surface area contributed by atoms with Gasteiger partial charge in [-0.1, -0.05) is 6.07 Å². The predicted octanol–water partition coefficient (Wildman–Crippen LogP) is 1.43. The van der Waals surface area contributed by atoms with Gasteiger partial charge in [-0.25, -0.2) is 4.79 Å². The Morgan fingerprint density at radius 2 is 2.00 bits per heavy atom. The summed E-state index contributed by atoms with van der Waals surface area (Å²) in [5.74, 6) is -1.95. The molecule has 0 spiro atoms. The van der Waals surface area contributed by atoms with Crippen LogP contribution in [0.4, 0.5) is 5.69 Å². The Kier molecular flexibility index (Phi) is 5.81. The van der Waals surface area contributed by atoms with E-state index < -0.39 is 36.3 Å². The molecule has 8 heteroatoms. The van der Waals surface area contributed by atoms with Crippen molar-refractivity contribution < 1.29 is 29.0 Å². The van der Waals surface area contributed by atoms with Crippen molar-refractivity contribution in [3.8, 4) is 0 Å². The smallest absolute Gasteiger partial charge is 0.337 e. The number of aliphatic hydroxyl groups excluding tert-OH is 1. The lowest BCUT2D eigenvalue weighted by atomic mass is 9.97. The van der Waals surface area contributed by atoms with E-state index >= 15 is 0 Å². The summed E-state index contributed by atoms with van der Waals surface area (Å²) in [6.45, 7) is -0.502. The summed E-state index contributed by atoms with van der Waals surface area (Å²) in [6, 6.07) is 10.8. The molecule has 1 aliphatic rings. The molecule has 0 saturated heterocycles. The SMILES string of the molecule is COC(=O)c1ccc(NC(c2ccccn2)C2OC(CO)=CC(=O)C2=O)cc1. The Morgan fingerprint density at radius 1 is 1.25 bits per heavy atom. The number of anilines is 1. The molecule has 144 valence electrons. The van der Waals surface area contributed by atoms with Gasteiger partial charge >= 0.3 is 5.97 Å². The van der Waals surface area contributed by atoms with E-state index in [4.69, 9.17) is 4.74 Å². The van der Waals surface area contributed by atoms with Gasteiger partial charge in [0.1, 0.15) is 18.4 Å². The fourth-order valence-electron chi connectivity index (χ4n) is 2.78. The van der Waals surface area contributed by atoms with E-state index in [0.29, 0.717) is 16.9 Å². The largest absolute Gasteiger partial charge is 0.481 e. The first-order chi connectivity index (χ1) is 13.5. The summed E-state index contributed by atoms with van der Waals surface area (Å²) in [7, 11) is 1.29. The Morgan fingerprint density at radius 3 is 2.61 bits per heavy atom. The Balaban J connectivity index is 1.92. The molecule has 0 bridgehead atoms. The molecule has 2 heterocycles. The van der Waals surface area contributed by atoms with Gasteiger partial charge in [-0.2, -0.15) is 0 Å². The predicted molar refractivity (Wildman–Crippen MR) is 98.4 cm³/mol. The number of esters is 1. The Hall–Kier alpha value is -3.52. The number of aliphatic hydroxyl groups is 1. The average molecular weight is 382 g/mol. The summed E-state index contributed by atoms with van der Waals surface area (Å²) in [6.07, 6.45) is 1.34. The second kappa shape index (κ2) is 8.45. The van der Waals surface area contributed by atoms with Crippen molar-refractivity contribution in [1.29, 1.82) is 0 Å². The van der Waals surface area contributed by atoms with Crippen LogP contribution in [0.1, 0.15) is 22.1 Å². The lowest BCUT2D eigenvalue weighted by Gasteiger charge is -2.30. The maximum absolute atomic E-state index is 12.4. The highest BCUT2D eigenvalue weighted by Gasteiger charge is 2.39. The topological polar surface area (TPSA) is 115 Å². The number of nitrogens with zero attached hydrogens (tertiary/aromatic N) is 1. The number of nitrogens with one attached hydrogen (secondary N) is 1. The van der Waals surface area contributed by atoms with Crippen LogP contribution < -0.4 is 5.32 Å². The number of ketones is 2. The van der Waals surface area contributed by atoms with Crippen LogP contribution in [0.2, 0.25) is 0 Å². The number of allylic oxidation sites excluding steroid dienone is 1. The number of benzene rings is 1. The normalized spacial score (nSPS) is 17.4. The van der Waals surface area contributed by atoms with Gasteiger partial charge in [-0.05, 0) is 36.4 Å². The number of hydrogen-bond acceptors (Lipinski definition) is 8. The quantitative estimate of drug-likeness (QED) is 0.570. The molecule has 2 aromatic rings. The number of Topliss-reactive ketones (excluding diaryl/α,β-unsaturated/α-hetero) is 1. The minimum Gasteiger partial charge on any atom is -0.481 e. The third-order valence-electron chi connectivity index (χ3n) is 4.16. The fourth-order valence-corrected chi connectivity index (χ4v) is 2.78.